The lowest BCUT2D eigenvalue weighted by Crippen LogP contribution is -2.38. The molecular formula is C10H17N3O. The Bertz CT molecular complexity index is 256. The van der Waals surface area contributed by atoms with Crippen LogP contribution in [0.4, 0.5) is 4.79 Å². The van der Waals surface area contributed by atoms with Crippen molar-refractivity contribution in [2.75, 3.05) is 0 Å². The van der Waals surface area contributed by atoms with Gasteiger partial charge in [0.2, 0.25) is 0 Å². The second-order valence-electron chi connectivity index (χ2n) is 4.28. The minimum atomic E-state index is -0.275. The third kappa shape index (κ3) is 2.05. The summed E-state index contributed by atoms with van der Waals surface area (Å²) in [6.45, 7) is 0. The van der Waals surface area contributed by atoms with Crippen molar-refractivity contribution in [1.29, 1.82) is 0 Å². The van der Waals surface area contributed by atoms with Crippen LogP contribution in [-0.2, 0) is 0 Å². The normalized spacial score (nSPS) is 28.7. The molecule has 2 aliphatic rings. The number of aliphatic imine (C=N–C) groups is 1. The SMILES string of the molecule is NC1=NC(=O)NC1CC1CCCCC1. The standard InChI is InChI=1S/C10H17N3O/c11-9-8(12-10(14)13-9)6-7-4-2-1-3-5-7/h7-8H,1-6H2,(H3,11,12,13,14). The van der Waals surface area contributed by atoms with Crippen LogP contribution in [0, 0.1) is 5.92 Å². The molecule has 4 heteroatoms. The van der Waals surface area contributed by atoms with E-state index < -0.39 is 0 Å². The van der Waals surface area contributed by atoms with Gasteiger partial charge in [0, 0.05) is 0 Å². The van der Waals surface area contributed by atoms with Crippen LogP contribution in [-0.4, -0.2) is 17.9 Å². The van der Waals surface area contributed by atoms with Crippen LogP contribution in [0.15, 0.2) is 4.99 Å². The fourth-order valence-corrected chi connectivity index (χ4v) is 2.39. The second-order valence-corrected chi connectivity index (χ2v) is 4.28. The molecule has 14 heavy (non-hydrogen) atoms. The van der Waals surface area contributed by atoms with E-state index in [1.165, 1.54) is 32.1 Å². The van der Waals surface area contributed by atoms with Gasteiger partial charge < -0.3 is 11.1 Å². The van der Waals surface area contributed by atoms with Gasteiger partial charge in [0.05, 0.1) is 6.04 Å². The van der Waals surface area contributed by atoms with Crippen LogP contribution in [0.5, 0.6) is 0 Å². The highest BCUT2D eigenvalue weighted by atomic mass is 16.2. The van der Waals surface area contributed by atoms with Gasteiger partial charge in [-0.15, -0.1) is 0 Å². The number of hydrogen-bond acceptors (Lipinski definition) is 2. The van der Waals surface area contributed by atoms with Gasteiger partial charge >= 0.3 is 6.03 Å². The van der Waals surface area contributed by atoms with Crippen molar-refractivity contribution in [3.8, 4) is 0 Å². The summed E-state index contributed by atoms with van der Waals surface area (Å²) in [7, 11) is 0. The highest BCUT2D eigenvalue weighted by molar-refractivity contribution is 6.02. The second kappa shape index (κ2) is 3.98. The zero-order valence-electron chi connectivity index (χ0n) is 8.33. The number of hydrogen-bond donors (Lipinski definition) is 2. The van der Waals surface area contributed by atoms with E-state index in [1.54, 1.807) is 0 Å². The monoisotopic (exact) mass is 195 g/mol. The smallest absolute Gasteiger partial charge is 0.343 e. The number of urea groups is 1. The van der Waals surface area contributed by atoms with Gasteiger partial charge in [-0.1, -0.05) is 32.1 Å². The van der Waals surface area contributed by atoms with Gasteiger partial charge in [0.15, 0.2) is 0 Å². The number of carbonyl (C=O) groups excluding carboxylic acids is 1. The molecule has 1 saturated carbocycles. The van der Waals surface area contributed by atoms with Crippen molar-refractivity contribution in [2.45, 2.75) is 44.6 Å². The Morgan fingerprint density at radius 1 is 1.36 bits per heavy atom. The molecule has 3 N–H and O–H groups in total. The molecule has 0 saturated heterocycles. The molecule has 0 bridgehead atoms. The molecule has 1 unspecified atom stereocenters. The molecule has 0 aromatic rings. The molecule has 0 spiro atoms. The van der Waals surface area contributed by atoms with E-state index >= 15 is 0 Å². The van der Waals surface area contributed by atoms with Crippen LogP contribution in [0.3, 0.4) is 0 Å². The zero-order valence-corrected chi connectivity index (χ0v) is 8.33. The molecule has 4 nitrogen and oxygen atoms in total. The average Bonchev–Trinajstić information content (AvgIpc) is 2.47. The van der Waals surface area contributed by atoms with Gasteiger partial charge in [-0.05, 0) is 12.3 Å². The Balaban J connectivity index is 1.85. The number of nitrogens with zero attached hydrogens (tertiary/aromatic N) is 1. The van der Waals surface area contributed by atoms with Gasteiger partial charge in [-0.2, -0.15) is 4.99 Å². The summed E-state index contributed by atoms with van der Waals surface area (Å²) in [6, 6.07) is -0.270. The lowest BCUT2D eigenvalue weighted by molar-refractivity contribution is 0.247. The highest BCUT2D eigenvalue weighted by Crippen LogP contribution is 2.27. The Morgan fingerprint density at radius 2 is 2.07 bits per heavy atom. The number of amides is 2. The molecule has 1 fully saturated rings. The summed E-state index contributed by atoms with van der Waals surface area (Å²) in [4.78, 5) is 14.6. The van der Waals surface area contributed by atoms with Crippen LogP contribution in [0.1, 0.15) is 38.5 Å². The van der Waals surface area contributed by atoms with Gasteiger partial charge in [0.1, 0.15) is 5.84 Å². The fraction of sp³-hybridized carbons (Fsp3) is 0.800. The summed E-state index contributed by atoms with van der Waals surface area (Å²) in [5.41, 5.74) is 5.65. The van der Waals surface area contributed by atoms with Crippen LogP contribution >= 0.6 is 0 Å². The third-order valence-electron chi connectivity index (χ3n) is 3.18. The van der Waals surface area contributed by atoms with Crippen LogP contribution < -0.4 is 11.1 Å². The maximum atomic E-state index is 10.9. The Kier molecular flexibility index (Phi) is 2.70. The molecule has 1 heterocycles. The van der Waals surface area contributed by atoms with E-state index in [1.807, 2.05) is 0 Å². The van der Waals surface area contributed by atoms with Crippen molar-refractivity contribution in [2.24, 2.45) is 16.6 Å². The first kappa shape index (κ1) is 9.49. The first-order valence-corrected chi connectivity index (χ1v) is 5.40. The van der Waals surface area contributed by atoms with Crippen molar-refractivity contribution < 1.29 is 4.79 Å². The molecular weight excluding hydrogens is 178 g/mol. The number of amidine groups is 1. The zero-order chi connectivity index (χ0) is 9.97. The first-order chi connectivity index (χ1) is 6.75. The molecule has 0 aromatic heterocycles. The molecule has 0 aromatic carbocycles. The molecule has 2 amide bonds. The maximum Gasteiger partial charge on any atom is 0.343 e. The van der Waals surface area contributed by atoms with Crippen molar-refractivity contribution >= 4 is 11.9 Å². The van der Waals surface area contributed by atoms with E-state index in [9.17, 15) is 4.79 Å². The lowest BCUT2D eigenvalue weighted by atomic mass is 9.85. The van der Waals surface area contributed by atoms with Gasteiger partial charge in [-0.3, -0.25) is 0 Å². The Morgan fingerprint density at radius 3 is 2.64 bits per heavy atom. The van der Waals surface area contributed by atoms with E-state index in [4.69, 9.17) is 5.73 Å². The average molecular weight is 195 g/mol. The summed E-state index contributed by atoms with van der Waals surface area (Å²) in [5, 5.41) is 2.78. The minimum absolute atomic E-state index is 0.00519. The van der Waals surface area contributed by atoms with Gasteiger partial charge in [0.25, 0.3) is 0 Å². The largest absolute Gasteiger partial charge is 0.385 e. The van der Waals surface area contributed by atoms with E-state index in [0.717, 1.165) is 12.3 Å². The summed E-state index contributed by atoms with van der Waals surface area (Å²) >= 11 is 0. The van der Waals surface area contributed by atoms with Crippen molar-refractivity contribution in [3.05, 3.63) is 0 Å². The molecule has 1 atom stereocenters. The molecule has 1 aliphatic heterocycles. The topological polar surface area (TPSA) is 67.5 Å². The molecule has 0 radical (unpaired) electrons. The van der Waals surface area contributed by atoms with Gasteiger partial charge in [-0.25, -0.2) is 4.79 Å². The molecule has 1 aliphatic carbocycles. The Labute approximate surface area is 84.0 Å². The van der Waals surface area contributed by atoms with Crippen LogP contribution in [0.25, 0.3) is 0 Å². The number of rotatable bonds is 2. The Hall–Kier alpha value is -1.06. The summed E-state index contributed by atoms with van der Waals surface area (Å²) in [5.74, 6) is 1.20. The minimum Gasteiger partial charge on any atom is -0.385 e. The predicted octanol–water partition coefficient (Wildman–Crippen LogP) is 1.41. The lowest BCUT2D eigenvalue weighted by Gasteiger charge is -2.24. The summed E-state index contributed by atoms with van der Waals surface area (Å²) in [6.07, 6.45) is 7.53. The first-order valence-electron chi connectivity index (χ1n) is 5.40. The number of nitrogens with one attached hydrogen (secondary N) is 1. The van der Waals surface area contributed by atoms with E-state index in [0.29, 0.717) is 5.84 Å². The third-order valence-corrected chi connectivity index (χ3v) is 3.18. The predicted molar refractivity (Wildman–Crippen MR) is 55.1 cm³/mol. The quantitative estimate of drug-likeness (QED) is 0.699. The van der Waals surface area contributed by atoms with E-state index in [2.05, 4.69) is 10.3 Å². The number of nitrogens with two attached hydrogens (primary N) is 1. The van der Waals surface area contributed by atoms with E-state index in [-0.39, 0.29) is 12.1 Å². The van der Waals surface area contributed by atoms with Crippen molar-refractivity contribution in [3.63, 3.8) is 0 Å². The fourth-order valence-electron chi connectivity index (χ4n) is 2.39. The number of carbonyl (C=O) groups is 1. The molecule has 2 rings (SSSR count). The van der Waals surface area contributed by atoms with Crippen molar-refractivity contribution in [1.82, 2.24) is 5.32 Å². The summed E-state index contributed by atoms with van der Waals surface area (Å²) < 4.78 is 0. The van der Waals surface area contributed by atoms with Crippen LogP contribution in [0.2, 0.25) is 0 Å². The highest BCUT2D eigenvalue weighted by Gasteiger charge is 2.27. The maximum absolute atomic E-state index is 10.9. The molecule has 78 valence electrons.